The Balaban J connectivity index is 1.63. The van der Waals surface area contributed by atoms with Gasteiger partial charge in [-0.1, -0.05) is 41.5 Å². The summed E-state index contributed by atoms with van der Waals surface area (Å²) in [5, 5.41) is 0. The van der Waals surface area contributed by atoms with Gasteiger partial charge < -0.3 is 29.0 Å². The van der Waals surface area contributed by atoms with Gasteiger partial charge in [0.1, 0.15) is 22.8 Å². The summed E-state index contributed by atoms with van der Waals surface area (Å²) in [7, 11) is -12.7. The predicted octanol–water partition coefficient (Wildman–Crippen LogP) is 6.60. The fourth-order valence-electron chi connectivity index (χ4n) is 4.55. The Labute approximate surface area is 256 Å². The van der Waals surface area contributed by atoms with Crippen LogP contribution in [0.4, 0.5) is 0 Å². The summed E-state index contributed by atoms with van der Waals surface area (Å²) in [4.78, 5) is 38.9. The zero-order valence-corrected chi connectivity index (χ0v) is 27.1. The molecule has 0 aliphatic carbocycles. The Morgan fingerprint density at radius 3 is 1.68 bits per heavy atom. The molecule has 0 unspecified atom stereocenters. The number of aryl methyl sites for hydroxylation is 2. The average molecular weight is 661 g/mol. The molecule has 44 heavy (non-hydrogen) atoms. The Kier molecular flexibility index (Phi) is 9.64. The molecule has 0 fully saturated rings. The van der Waals surface area contributed by atoms with Crippen LogP contribution in [0.2, 0.25) is 0 Å². The van der Waals surface area contributed by atoms with Crippen molar-refractivity contribution < 1.29 is 46.6 Å². The number of hydrogen-bond acceptors (Lipinski definition) is 6. The maximum atomic E-state index is 13.0. The van der Waals surface area contributed by atoms with Crippen LogP contribution in [0.3, 0.4) is 0 Å². The van der Waals surface area contributed by atoms with Gasteiger partial charge >= 0.3 is 15.2 Å². The standard InChI is InChI=1S/C31H34O10P2S/c1-21-5-11-27(12-6-21)44(38,39)28-13-9-26(10-14-28)40-29-16-8-25(18-24(29)20-43(35,36)37)31(3,4)41-30-15-7-22(2)17-23(30)19-42(32,33)34/h5-18H,19-20H2,1-4H3,(H2,32,33,34)(H2,35,36,37). The van der Waals surface area contributed by atoms with E-state index < -0.39 is 43.0 Å². The molecule has 0 aliphatic heterocycles. The molecule has 4 rings (SSSR count). The minimum atomic E-state index is -4.55. The SMILES string of the molecule is Cc1ccc(S(=O)(=O)c2ccc(Oc3ccc(C(C)(C)Oc4ccc(C)cc4CP(=O)(O)O)cc3CP(=O)(O)O)cc2)cc1. The van der Waals surface area contributed by atoms with Crippen LogP contribution >= 0.6 is 15.2 Å². The van der Waals surface area contributed by atoms with Crippen LogP contribution in [0.25, 0.3) is 0 Å². The Hall–Kier alpha value is -3.27. The van der Waals surface area contributed by atoms with Gasteiger partial charge in [0.2, 0.25) is 9.84 Å². The molecule has 0 heterocycles. The third-order valence-electron chi connectivity index (χ3n) is 6.78. The van der Waals surface area contributed by atoms with Gasteiger partial charge in [0.05, 0.1) is 22.1 Å². The molecule has 0 saturated heterocycles. The first-order chi connectivity index (χ1) is 20.3. The van der Waals surface area contributed by atoms with E-state index in [1.54, 1.807) is 63.2 Å². The Morgan fingerprint density at radius 2 is 1.14 bits per heavy atom. The minimum Gasteiger partial charge on any atom is -0.483 e. The highest BCUT2D eigenvalue weighted by atomic mass is 32.2. The van der Waals surface area contributed by atoms with Gasteiger partial charge in [-0.25, -0.2) is 8.42 Å². The van der Waals surface area contributed by atoms with Gasteiger partial charge in [0.25, 0.3) is 0 Å². The highest BCUT2D eigenvalue weighted by Crippen LogP contribution is 2.45. The minimum absolute atomic E-state index is 0.0626. The van der Waals surface area contributed by atoms with Crippen LogP contribution in [0.15, 0.2) is 94.7 Å². The quantitative estimate of drug-likeness (QED) is 0.129. The van der Waals surface area contributed by atoms with Crippen molar-refractivity contribution in [2.24, 2.45) is 0 Å². The largest absolute Gasteiger partial charge is 0.483 e. The van der Waals surface area contributed by atoms with Gasteiger partial charge in [-0.15, -0.1) is 0 Å². The van der Waals surface area contributed by atoms with Crippen LogP contribution in [0.1, 0.15) is 41.7 Å². The molecule has 0 atom stereocenters. The Bertz CT molecular complexity index is 1860. The second-order valence-electron chi connectivity index (χ2n) is 11.1. The molecule has 0 radical (unpaired) electrons. The molecule has 0 bridgehead atoms. The highest BCUT2D eigenvalue weighted by molar-refractivity contribution is 7.91. The van der Waals surface area contributed by atoms with Crippen molar-refractivity contribution in [3.05, 3.63) is 113 Å². The summed E-state index contributed by atoms with van der Waals surface area (Å²) < 4.78 is 62.0. The monoisotopic (exact) mass is 660 g/mol. The molecular formula is C31H34O10P2S. The summed E-state index contributed by atoms with van der Waals surface area (Å²) in [5.41, 5.74) is 1.67. The number of benzene rings is 4. The first-order valence-corrected chi connectivity index (χ1v) is 18.5. The maximum Gasteiger partial charge on any atom is 0.330 e. The summed E-state index contributed by atoms with van der Waals surface area (Å²) in [6, 6.07) is 22.0. The molecule has 0 aromatic heterocycles. The Morgan fingerprint density at radius 1 is 0.659 bits per heavy atom. The van der Waals surface area contributed by atoms with Gasteiger partial charge in [0, 0.05) is 11.1 Å². The summed E-state index contributed by atoms with van der Waals surface area (Å²) in [6.07, 6.45) is -1.15. The van der Waals surface area contributed by atoms with Crippen molar-refractivity contribution in [1.82, 2.24) is 0 Å². The molecule has 4 N–H and O–H groups in total. The van der Waals surface area contributed by atoms with E-state index in [1.807, 2.05) is 6.92 Å². The summed E-state index contributed by atoms with van der Waals surface area (Å²) >= 11 is 0. The van der Waals surface area contributed by atoms with Gasteiger partial charge in [-0.3, -0.25) is 9.13 Å². The summed E-state index contributed by atoms with van der Waals surface area (Å²) in [5.74, 6) is 0.672. The second kappa shape index (κ2) is 12.6. The van der Waals surface area contributed by atoms with Gasteiger partial charge in [-0.2, -0.15) is 0 Å². The van der Waals surface area contributed by atoms with E-state index in [1.165, 1.54) is 42.5 Å². The maximum absolute atomic E-state index is 13.0. The number of ether oxygens (including phenoxy) is 2. The van der Waals surface area contributed by atoms with Gasteiger partial charge in [-0.05, 0) is 87.9 Å². The molecule has 4 aromatic rings. The first-order valence-electron chi connectivity index (χ1n) is 13.4. The molecular weight excluding hydrogens is 626 g/mol. The zero-order valence-electron chi connectivity index (χ0n) is 24.5. The van der Waals surface area contributed by atoms with Crippen molar-refractivity contribution in [2.45, 2.75) is 55.4 Å². The number of hydrogen-bond donors (Lipinski definition) is 4. The third kappa shape index (κ3) is 8.67. The topological polar surface area (TPSA) is 168 Å². The van der Waals surface area contributed by atoms with Crippen molar-refractivity contribution in [2.75, 3.05) is 0 Å². The lowest BCUT2D eigenvalue weighted by molar-refractivity contribution is 0.107. The second-order valence-corrected chi connectivity index (χ2v) is 16.3. The molecule has 0 saturated carbocycles. The number of sulfone groups is 1. The first kappa shape index (κ1) is 33.6. The lowest BCUT2D eigenvalue weighted by atomic mass is 9.95. The van der Waals surface area contributed by atoms with Crippen molar-refractivity contribution >= 4 is 25.0 Å². The van der Waals surface area contributed by atoms with E-state index >= 15 is 0 Å². The fourth-order valence-corrected chi connectivity index (χ4v) is 7.20. The molecule has 0 aliphatic rings. The fraction of sp³-hybridized carbons (Fsp3) is 0.226. The van der Waals surface area contributed by atoms with E-state index in [9.17, 15) is 37.1 Å². The van der Waals surface area contributed by atoms with Crippen molar-refractivity contribution in [3.8, 4) is 17.2 Å². The van der Waals surface area contributed by atoms with E-state index in [2.05, 4.69) is 0 Å². The van der Waals surface area contributed by atoms with Gasteiger partial charge in [0.15, 0.2) is 0 Å². The van der Waals surface area contributed by atoms with Crippen LogP contribution in [-0.4, -0.2) is 28.0 Å². The normalized spacial score (nSPS) is 12.6. The molecule has 0 spiro atoms. The zero-order chi connectivity index (χ0) is 32.5. The molecule has 13 heteroatoms. The lowest BCUT2D eigenvalue weighted by Gasteiger charge is -2.29. The van der Waals surface area contributed by atoms with Crippen LogP contribution in [-0.2, 0) is 36.9 Å². The predicted molar refractivity (Wildman–Crippen MR) is 166 cm³/mol. The third-order valence-corrected chi connectivity index (χ3v) is 10.1. The van der Waals surface area contributed by atoms with Crippen LogP contribution < -0.4 is 9.47 Å². The highest BCUT2D eigenvalue weighted by Gasteiger charge is 2.28. The van der Waals surface area contributed by atoms with Crippen molar-refractivity contribution in [3.63, 3.8) is 0 Å². The molecule has 234 valence electrons. The van der Waals surface area contributed by atoms with E-state index in [-0.39, 0.29) is 32.6 Å². The van der Waals surface area contributed by atoms with E-state index in [0.29, 0.717) is 11.1 Å². The lowest BCUT2D eigenvalue weighted by Crippen LogP contribution is -2.26. The average Bonchev–Trinajstić information content (AvgIpc) is 2.90. The molecule has 10 nitrogen and oxygen atoms in total. The summed E-state index contributed by atoms with van der Waals surface area (Å²) in [6.45, 7) is 7.10. The molecule has 0 amide bonds. The van der Waals surface area contributed by atoms with Crippen LogP contribution in [0.5, 0.6) is 17.2 Å². The number of rotatable bonds is 11. The molecule has 4 aromatic carbocycles. The van der Waals surface area contributed by atoms with E-state index in [4.69, 9.17) is 9.47 Å². The van der Waals surface area contributed by atoms with Crippen LogP contribution in [0, 0.1) is 13.8 Å². The smallest absolute Gasteiger partial charge is 0.330 e. The van der Waals surface area contributed by atoms with Crippen molar-refractivity contribution in [1.29, 1.82) is 0 Å². The van der Waals surface area contributed by atoms with E-state index in [0.717, 1.165) is 11.1 Å².